The predicted octanol–water partition coefficient (Wildman–Crippen LogP) is 2.59. The van der Waals surface area contributed by atoms with Crippen LogP contribution in [0.3, 0.4) is 0 Å². The fourth-order valence-electron chi connectivity index (χ4n) is 3.95. The molecule has 1 amide bonds. The second kappa shape index (κ2) is 5.25. The SMILES string of the molecule is CCC1(C)CC1C(=O)N(C)C1CC2CCC(C1)N2.Cl. The molecule has 4 atom stereocenters. The lowest BCUT2D eigenvalue weighted by atomic mass is 9.97. The van der Waals surface area contributed by atoms with Gasteiger partial charge in [0.05, 0.1) is 0 Å². The zero-order valence-electron chi connectivity index (χ0n) is 12.3. The third-order valence-corrected chi connectivity index (χ3v) is 5.80. The number of halogens is 1. The Balaban J connectivity index is 0.00000133. The van der Waals surface area contributed by atoms with E-state index in [1.807, 2.05) is 7.05 Å². The Morgan fingerprint density at radius 1 is 1.32 bits per heavy atom. The summed E-state index contributed by atoms with van der Waals surface area (Å²) in [6.07, 6.45) is 7.17. The van der Waals surface area contributed by atoms with Gasteiger partial charge in [0.1, 0.15) is 0 Å². The Labute approximate surface area is 122 Å². The molecule has 0 aromatic rings. The number of amides is 1. The normalized spacial score (nSPS) is 43.5. The van der Waals surface area contributed by atoms with E-state index >= 15 is 0 Å². The average molecular weight is 287 g/mol. The van der Waals surface area contributed by atoms with Crippen LogP contribution in [0.1, 0.15) is 52.4 Å². The summed E-state index contributed by atoms with van der Waals surface area (Å²) in [5.41, 5.74) is 0.303. The molecule has 4 unspecified atom stereocenters. The van der Waals surface area contributed by atoms with Gasteiger partial charge in [0.2, 0.25) is 5.91 Å². The van der Waals surface area contributed by atoms with Gasteiger partial charge in [-0.05, 0) is 43.9 Å². The number of carbonyl (C=O) groups excluding carboxylic acids is 1. The molecular weight excluding hydrogens is 260 g/mol. The van der Waals surface area contributed by atoms with Crippen molar-refractivity contribution >= 4 is 18.3 Å². The summed E-state index contributed by atoms with van der Waals surface area (Å²) in [5.74, 6) is 0.714. The maximum Gasteiger partial charge on any atom is 0.226 e. The Morgan fingerprint density at radius 3 is 2.37 bits per heavy atom. The molecule has 0 aromatic carbocycles. The van der Waals surface area contributed by atoms with Crippen LogP contribution in [0.4, 0.5) is 0 Å². The highest BCUT2D eigenvalue weighted by molar-refractivity contribution is 5.85. The maximum atomic E-state index is 12.5. The van der Waals surface area contributed by atoms with Gasteiger partial charge in [0, 0.05) is 31.1 Å². The predicted molar refractivity (Wildman–Crippen MR) is 79.5 cm³/mol. The van der Waals surface area contributed by atoms with E-state index in [0.29, 0.717) is 35.4 Å². The minimum absolute atomic E-state index is 0. The Hall–Kier alpha value is -0.280. The summed E-state index contributed by atoms with van der Waals surface area (Å²) in [7, 11) is 2.03. The van der Waals surface area contributed by atoms with Gasteiger partial charge in [-0.15, -0.1) is 12.4 Å². The first-order chi connectivity index (χ1) is 8.53. The van der Waals surface area contributed by atoms with Crippen molar-refractivity contribution in [2.45, 2.75) is 70.5 Å². The van der Waals surface area contributed by atoms with Gasteiger partial charge in [-0.2, -0.15) is 0 Å². The van der Waals surface area contributed by atoms with Crippen LogP contribution >= 0.6 is 12.4 Å². The molecule has 3 aliphatic rings. The number of nitrogens with one attached hydrogen (secondary N) is 1. The van der Waals surface area contributed by atoms with Crippen LogP contribution in [0.2, 0.25) is 0 Å². The molecule has 2 heterocycles. The van der Waals surface area contributed by atoms with Crippen LogP contribution in [-0.2, 0) is 4.79 Å². The summed E-state index contributed by atoms with van der Waals surface area (Å²) in [5, 5.41) is 3.65. The molecule has 2 saturated heterocycles. The van der Waals surface area contributed by atoms with E-state index in [4.69, 9.17) is 0 Å². The van der Waals surface area contributed by atoms with Gasteiger partial charge >= 0.3 is 0 Å². The largest absolute Gasteiger partial charge is 0.342 e. The van der Waals surface area contributed by atoms with Crippen LogP contribution in [0, 0.1) is 11.3 Å². The molecule has 0 radical (unpaired) electrons. The quantitative estimate of drug-likeness (QED) is 0.865. The second-order valence-electron chi connectivity index (χ2n) is 6.98. The number of carbonyl (C=O) groups is 1. The van der Waals surface area contributed by atoms with Gasteiger partial charge in [-0.25, -0.2) is 0 Å². The highest BCUT2D eigenvalue weighted by Crippen LogP contribution is 2.55. The molecule has 1 saturated carbocycles. The molecule has 1 N–H and O–H groups in total. The minimum Gasteiger partial charge on any atom is -0.342 e. The summed E-state index contributed by atoms with van der Waals surface area (Å²) in [6, 6.07) is 1.82. The van der Waals surface area contributed by atoms with Crippen LogP contribution in [0.25, 0.3) is 0 Å². The molecule has 110 valence electrons. The zero-order chi connectivity index (χ0) is 12.9. The zero-order valence-corrected chi connectivity index (χ0v) is 13.1. The minimum atomic E-state index is 0. The van der Waals surface area contributed by atoms with Crippen molar-refractivity contribution < 1.29 is 4.79 Å². The van der Waals surface area contributed by atoms with Crippen molar-refractivity contribution in [1.29, 1.82) is 0 Å². The molecule has 0 aromatic heterocycles. The van der Waals surface area contributed by atoms with E-state index in [9.17, 15) is 4.79 Å². The Morgan fingerprint density at radius 2 is 1.89 bits per heavy atom. The standard InChI is InChI=1S/C15H26N2O.ClH/c1-4-15(2)9-13(15)14(18)17(3)12-7-10-5-6-11(8-12)16-10;/h10-13,16H,4-9H2,1-3H3;1H. The van der Waals surface area contributed by atoms with E-state index < -0.39 is 0 Å². The number of rotatable bonds is 3. The lowest BCUT2D eigenvalue weighted by Gasteiger charge is -2.36. The van der Waals surface area contributed by atoms with Crippen molar-refractivity contribution in [3.63, 3.8) is 0 Å². The van der Waals surface area contributed by atoms with Crippen molar-refractivity contribution in [3.8, 4) is 0 Å². The summed E-state index contributed by atoms with van der Waals surface area (Å²) in [6.45, 7) is 4.47. The third-order valence-electron chi connectivity index (χ3n) is 5.80. The van der Waals surface area contributed by atoms with E-state index in [1.165, 1.54) is 12.8 Å². The number of nitrogens with zero attached hydrogens (tertiary/aromatic N) is 1. The second-order valence-corrected chi connectivity index (χ2v) is 6.98. The van der Waals surface area contributed by atoms with Crippen molar-refractivity contribution in [2.24, 2.45) is 11.3 Å². The van der Waals surface area contributed by atoms with E-state index in [0.717, 1.165) is 25.7 Å². The summed E-state index contributed by atoms with van der Waals surface area (Å²) in [4.78, 5) is 14.6. The highest BCUT2D eigenvalue weighted by Gasteiger charge is 2.54. The van der Waals surface area contributed by atoms with Crippen LogP contribution < -0.4 is 5.32 Å². The van der Waals surface area contributed by atoms with Crippen LogP contribution in [0.15, 0.2) is 0 Å². The molecule has 0 spiro atoms. The van der Waals surface area contributed by atoms with E-state index in [-0.39, 0.29) is 12.4 Å². The van der Waals surface area contributed by atoms with E-state index in [2.05, 4.69) is 24.1 Å². The Kier molecular flexibility index (Phi) is 4.18. The van der Waals surface area contributed by atoms with Crippen LogP contribution in [-0.4, -0.2) is 36.0 Å². The highest BCUT2D eigenvalue weighted by atomic mass is 35.5. The van der Waals surface area contributed by atoms with Gasteiger partial charge in [0.15, 0.2) is 0 Å². The van der Waals surface area contributed by atoms with E-state index in [1.54, 1.807) is 0 Å². The summed E-state index contributed by atoms with van der Waals surface area (Å²) >= 11 is 0. The third kappa shape index (κ3) is 2.64. The first-order valence-corrected chi connectivity index (χ1v) is 7.56. The average Bonchev–Trinajstić information content (AvgIpc) is 2.96. The van der Waals surface area contributed by atoms with Crippen molar-refractivity contribution in [2.75, 3.05) is 7.05 Å². The molecule has 3 nitrogen and oxygen atoms in total. The topological polar surface area (TPSA) is 32.3 Å². The number of hydrogen-bond donors (Lipinski definition) is 1. The molecule has 2 aliphatic heterocycles. The lowest BCUT2D eigenvalue weighted by molar-refractivity contribution is -0.134. The first kappa shape index (κ1) is 15.1. The van der Waals surface area contributed by atoms with Crippen molar-refractivity contribution in [1.82, 2.24) is 10.2 Å². The van der Waals surface area contributed by atoms with Gasteiger partial charge in [-0.1, -0.05) is 13.8 Å². The molecule has 2 bridgehead atoms. The van der Waals surface area contributed by atoms with Gasteiger partial charge < -0.3 is 10.2 Å². The molecule has 3 fully saturated rings. The Bertz CT molecular complexity index is 350. The fraction of sp³-hybridized carbons (Fsp3) is 0.933. The lowest BCUT2D eigenvalue weighted by Crippen LogP contribution is -2.49. The maximum absolute atomic E-state index is 12.5. The first-order valence-electron chi connectivity index (χ1n) is 7.56. The number of fused-ring (bicyclic) bond motifs is 2. The molecule has 4 heteroatoms. The van der Waals surface area contributed by atoms with Gasteiger partial charge in [-0.3, -0.25) is 4.79 Å². The molecule has 1 aliphatic carbocycles. The summed E-state index contributed by atoms with van der Waals surface area (Å²) < 4.78 is 0. The number of piperidine rings is 1. The molecular formula is C15H27ClN2O. The van der Waals surface area contributed by atoms with Crippen molar-refractivity contribution in [3.05, 3.63) is 0 Å². The molecule has 3 rings (SSSR count). The van der Waals surface area contributed by atoms with Gasteiger partial charge in [0.25, 0.3) is 0 Å². The smallest absolute Gasteiger partial charge is 0.226 e. The number of hydrogen-bond acceptors (Lipinski definition) is 2. The monoisotopic (exact) mass is 286 g/mol. The molecule has 19 heavy (non-hydrogen) atoms. The fourth-order valence-corrected chi connectivity index (χ4v) is 3.95. The van der Waals surface area contributed by atoms with Crippen LogP contribution in [0.5, 0.6) is 0 Å².